The molecule has 0 saturated heterocycles. The van der Waals surface area contributed by atoms with Crippen molar-refractivity contribution in [1.29, 1.82) is 0 Å². The van der Waals surface area contributed by atoms with E-state index >= 15 is 0 Å². The Morgan fingerprint density at radius 2 is 1.28 bits per heavy atom. The zero-order valence-corrected chi connectivity index (χ0v) is 32.7. The molecule has 23 nitrogen and oxygen atoms in total. The van der Waals surface area contributed by atoms with Gasteiger partial charge in [0.15, 0.2) is 5.75 Å². The first kappa shape index (κ1) is 42.7. The molecule has 0 aliphatic carbocycles. The highest BCUT2D eigenvalue weighted by Gasteiger charge is 2.24. The first-order chi connectivity index (χ1) is 27.3. The molecule has 0 unspecified atom stereocenters. The first-order valence-electron chi connectivity index (χ1n) is 14.9. The summed E-state index contributed by atoms with van der Waals surface area (Å²) in [6.07, 6.45) is 0. The molecule has 304 valence electrons. The summed E-state index contributed by atoms with van der Waals surface area (Å²) in [5, 5.41) is 48.7. The summed E-state index contributed by atoms with van der Waals surface area (Å²) >= 11 is 6.67. The van der Waals surface area contributed by atoms with Crippen molar-refractivity contribution in [3.8, 4) is 5.75 Å². The van der Waals surface area contributed by atoms with Gasteiger partial charge in [-0.3, -0.25) is 13.7 Å². The third kappa shape index (κ3) is 10.0. The van der Waals surface area contributed by atoms with Gasteiger partial charge in [-0.25, -0.2) is 10.5 Å². The maximum atomic E-state index is 12.4. The second-order valence-electron chi connectivity index (χ2n) is 11.1. The number of aromatic hydroxyl groups is 1. The van der Waals surface area contributed by atoms with Gasteiger partial charge in [-0.1, -0.05) is 16.1 Å². The number of phenolic OH excluding ortho intramolecular Hbond substituents is 1. The molecule has 0 saturated carbocycles. The van der Waals surface area contributed by atoms with Crippen LogP contribution in [-0.2, 0) is 49.1 Å². The van der Waals surface area contributed by atoms with Crippen molar-refractivity contribution in [3.63, 3.8) is 0 Å². The molecule has 0 bridgehead atoms. The molecule has 1 heterocycles. The molecule has 0 atom stereocenters. The van der Waals surface area contributed by atoms with Gasteiger partial charge in [-0.15, -0.1) is 13.8 Å². The van der Waals surface area contributed by atoms with Crippen LogP contribution in [0.4, 0.5) is 34.6 Å². The Morgan fingerprint density at radius 1 is 0.655 bits per heavy atom. The number of hydrogen-bond acceptors (Lipinski definition) is 22. The summed E-state index contributed by atoms with van der Waals surface area (Å²) in [5.41, 5.74) is -0.248. The van der Waals surface area contributed by atoms with Crippen LogP contribution in [0, 0.1) is 0 Å². The van der Waals surface area contributed by atoms with Crippen LogP contribution < -0.4 is 10.6 Å². The number of nitrogens with one attached hydrogen (secondary N) is 2. The summed E-state index contributed by atoms with van der Waals surface area (Å²) in [7, 11) is -14.7. The van der Waals surface area contributed by atoms with Crippen molar-refractivity contribution in [2.45, 2.75) is 24.5 Å². The summed E-state index contributed by atoms with van der Waals surface area (Å²) in [5.74, 6) is -0.742. The molecule has 6 rings (SSSR count). The molecule has 0 amide bonds. The number of rotatable bonds is 15. The van der Waals surface area contributed by atoms with Crippen molar-refractivity contribution in [3.05, 3.63) is 78.1 Å². The maximum absolute atomic E-state index is 12.4. The lowest BCUT2D eigenvalue weighted by atomic mass is 10.1. The fourth-order valence-corrected chi connectivity index (χ4v) is 8.28. The van der Waals surface area contributed by atoms with E-state index in [0.29, 0.717) is 23.1 Å². The maximum Gasteiger partial charge on any atom is 0.295 e. The van der Waals surface area contributed by atoms with Crippen molar-refractivity contribution < 1.29 is 73.3 Å². The van der Waals surface area contributed by atoms with E-state index in [-0.39, 0.29) is 60.7 Å². The topological polar surface area (TPSA) is 348 Å². The smallest absolute Gasteiger partial charge is 0.295 e. The molecule has 29 heteroatoms. The van der Waals surface area contributed by atoms with Crippen LogP contribution in [0.15, 0.2) is 108 Å². The van der Waals surface area contributed by atoms with E-state index in [0.717, 1.165) is 30.3 Å². The van der Waals surface area contributed by atoms with E-state index in [1.54, 1.807) is 0 Å². The zero-order chi connectivity index (χ0) is 42.0. The molecule has 0 spiro atoms. The molecular weight excluding hydrogens is 898 g/mol. The van der Waals surface area contributed by atoms with Crippen molar-refractivity contribution >= 4 is 122 Å². The SMILES string of the molecule is O=S(=O)(O)c1cccc(Nc2nc(Cl)nc(Nc3ccc4c(O)c(N=Nc5cc(S(=O)(=O)O)c6cc(SOOO)cc(S(=O)(=O)O)c6c5)c(SOOO)cc4c3)n2)c1. The van der Waals surface area contributed by atoms with Crippen LogP contribution in [0.1, 0.15) is 0 Å². The van der Waals surface area contributed by atoms with Crippen LogP contribution >= 0.6 is 35.7 Å². The van der Waals surface area contributed by atoms with Crippen LogP contribution in [-0.4, -0.2) is 69.5 Å². The fourth-order valence-electron chi connectivity index (χ4n) is 5.15. The van der Waals surface area contributed by atoms with E-state index < -0.39 is 62.4 Å². The molecule has 0 aliphatic rings. The number of aromatic nitrogens is 3. The Kier molecular flexibility index (Phi) is 12.6. The van der Waals surface area contributed by atoms with Crippen LogP contribution in [0.25, 0.3) is 21.5 Å². The minimum atomic E-state index is -5.13. The first-order valence-corrected chi connectivity index (χ1v) is 21.1. The average molecular weight is 918 g/mol. The molecule has 0 radical (unpaired) electrons. The molecule has 1 aromatic heterocycles. The molecule has 8 N–H and O–H groups in total. The predicted octanol–water partition coefficient (Wildman–Crippen LogP) is 7.04. The van der Waals surface area contributed by atoms with Gasteiger partial charge in [0.25, 0.3) is 30.4 Å². The lowest BCUT2D eigenvalue weighted by molar-refractivity contribution is -0.432. The van der Waals surface area contributed by atoms with Gasteiger partial charge in [0, 0.05) is 32.4 Å². The molecular formula is C29H20ClN7O16S5. The Hall–Kier alpha value is -4.89. The van der Waals surface area contributed by atoms with Gasteiger partial charge in [-0.05, 0) is 83.7 Å². The van der Waals surface area contributed by atoms with E-state index in [9.17, 15) is 44.0 Å². The monoisotopic (exact) mass is 917 g/mol. The number of hydrogen-bond donors (Lipinski definition) is 8. The normalized spacial score (nSPS) is 12.4. The minimum Gasteiger partial charge on any atom is -0.505 e. The van der Waals surface area contributed by atoms with Gasteiger partial charge in [0.2, 0.25) is 17.2 Å². The fraction of sp³-hybridized carbons (Fsp3) is 0. The number of phenols is 1. The van der Waals surface area contributed by atoms with Crippen molar-refractivity contribution in [2.75, 3.05) is 10.6 Å². The number of halogens is 1. The second-order valence-corrected chi connectivity index (χ2v) is 17.1. The minimum absolute atomic E-state index is 0.0658. The van der Waals surface area contributed by atoms with E-state index in [4.69, 9.17) is 22.1 Å². The van der Waals surface area contributed by atoms with Gasteiger partial charge in [-0.2, -0.15) is 45.3 Å². The lowest BCUT2D eigenvalue weighted by Gasteiger charge is -2.12. The van der Waals surface area contributed by atoms with Gasteiger partial charge in [0.1, 0.15) is 15.5 Å². The Balaban J connectivity index is 1.37. The predicted molar refractivity (Wildman–Crippen MR) is 202 cm³/mol. The lowest BCUT2D eigenvalue weighted by Crippen LogP contribution is -2.05. The number of azo groups is 1. The average Bonchev–Trinajstić information content (AvgIpc) is 3.14. The Labute approximate surface area is 338 Å². The zero-order valence-electron chi connectivity index (χ0n) is 27.8. The van der Waals surface area contributed by atoms with Crippen LogP contribution in [0.5, 0.6) is 5.75 Å². The molecule has 58 heavy (non-hydrogen) atoms. The third-order valence-corrected chi connectivity index (χ3v) is 11.4. The summed E-state index contributed by atoms with van der Waals surface area (Å²) < 4.78 is 111. The van der Waals surface area contributed by atoms with Gasteiger partial charge < -0.3 is 15.7 Å². The van der Waals surface area contributed by atoms with Crippen LogP contribution in [0.3, 0.4) is 0 Å². The summed E-state index contributed by atoms with van der Waals surface area (Å²) in [6, 6.07) is 14.6. The molecule has 5 aromatic carbocycles. The van der Waals surface area contributed by atoms with Crippen molar-refractivity contribution in [1.82, 2.24) is 15.0 Å². The summed E-state index contributed by atoms with van der Waals surface area (Å²) in [6.45, 7) is 0. The molecule has 0 aliphatic heterocycles. The van der Waals surface area contributed by atoms with Crippen molar-refractivity contribution in [2.24, 2.45) is 10.2 Å². The van der Waals surface area contributed by atoms with Gasteiger partial charge in [0.05, 0.1) is 39.6 Å². The van der Waals surface area contributed by atoms with E-state index in [1.807, 2.05) is 0 Å². The highest BCUT2D eigenvalue weighted by Crippen LogP contribution is 2.45. The quantitative estimate of drug-likeness (QED) is 0.0168. The molecule has 0 fully saturated rings. The van der Waals surface area contributed by atoms with E-state index in [1.165, 1.54) is 42.5 Å². The number of fused-ring (bicyclic) bond motifs is 2. The number of anilines is 4. The largest absolute Gasteiger partial charge is 0.505 e. The van der Waals surface area contributed by atoms with Gasteiger partial charge >= 0.3 is 0 Å². The summed E-state index contributed by atoms with van der Waals surface area (Å²) in [4.78, 5) is 9.77. The third-order valence-electron chi connectivity index (χ3n) is 7.39. The Morgan fingerprint density at radius 3 is 1.91 bits per heavy atom. The molecule has 6 aromatic rings. The van der Waals surface area contributed by atoms with E-state index in [2.05, 4.69) is 54.6 Å². The number of nitrogens with zero attached hydrogens (tertiary/aromatic N) is 5. The highest BCUT2D eigenvalue weighted by atomic mass is 35.5. The standard InChI is InChI=1S/C29H20ClN7O16S5/c30-27-33-28(31-14-2-1-3-18(8-14)56(41,42)43)35-29(34-27)32-15-4-5-19-13(6-15)7-22(55-53-51-40)25(26(19)38)37-36-16-9-20-21(23(10-16)57(44,45)46)11-17(54-52-50-39)12-24(20)58(47,48)49/h1-12,38-40H,(H,41,42,43)(H,44,45,46)(H,47,48,49)(H2,31,32,33,34,35). The highest BCUT2D eigenvalue weighted by molar-refractivity contribution is 7.95. The number of benzene rings is 5. The Bertz CT molecular complexity index is 2960. The van der Waals surface area contributed by atoms with Crippen LogP contribution in [0.2, 0.25) is 5.28 Å². The second kappa shape index (κ2) is 17.1.